The summed E-state index contributed by atoms with van der Waals surface area (Å²) in [5, 5.41) is 10.3. The maximum atomic E-state index is 12.8. The molecule has 0 atom stereocenters. The van der Waals surface area contributed by atoms with Crippen LogP contribution in [0.4, 0.5) is 13.2 Å². The number of carbonyl (C=O) groups excluding carboxylic acids is 1. The lowest BCUT2D eigenvalue weighted by Gasteiger charge is -2.07. The average Bonchev–Trinajstić information content (AvgIpc) is 3.07. The van der Waals surface area contributed by atoms with Crippen LogP contribution in [0.15, 0.2) is 88.8 Å². The number of rotatable bonds is 6. The molecule has 0 fully saturated rings. The van der Waals surface area contributed by atoms with Gasteiger partial charge < -0.3 is 9.84 Å². The fourth-order valence-electron chi connectivity index (χ4n) is 3.16. The van der Waals surface area contributed by atoms with Gasteiger partial charge in [-0.3, -0.25) is 4.57 Å². The van der Waals surface area contributed by atoms with Gasteiger partial charge in [0.15, 0.2) is 0 Å². The number of imidazole rings is 1. The largest absolute Gasteiger partial charge is 0.493 e. The smallest absolute Gasteiger partial charge is 0.446 e. The number of esters is 1. The van der Waals surface area contributed by atoms with E-state index in [1.165, 1.54) is 47.3 Å². The SMILES string of the molecule is O=C(Oc1cc(Cn2cc(O)n(-c3ccc(SC(F)(F)F)cc3)c2=O)ccn1)c1ccccc1. The van der Waals surface area contributed by atoms with E-state index in [2.05, 4.69) is 4.98 Å². The van der Waals surface area contributed by atoms with Crippen LogP contribution in [-0.2, 0) is 6.54 Å². The van der Waals surface area contributed by atoms with Crippen molar-refractivity contribution in [2.24, 2.45) is 0 Å². The fraction of sp³-hybridized carbons (Fsp3) is 0.0870. The number of halogens is 3. The molecule has 1 N–H and O–H groups in total. The molecule has 0 unspecified atom stereocenters. The van der Waals surface area contributed by atoms with Crippen molar-refractivity contribution in [1.82, 2.24) is 14.1 Å². The van der Waals surface area contributed by atoms with Crippen LogP contribution >= 0.6 is 11.8 Å². The normalized spacial score (nSPS) is 11.4. The summed E-state index contributed by atoms with van der Waals surface area (Å²) in [6.07, 6.45) is 2.62. The number of benzene rings is 2. The first kappa shape index (κ1) is 23.2. The third-order valence-corrected chi connectivity index (χ3v) is 5.36. The van der Waals surface area contributed by atoms with E-state index in [0.717, 1.165) is 4.57 Å². The van der Waals surface area contributed by atoms with Crippen LogP contribution in [0.25, 0.3) is 5.69 Å². The summed E-state index contributed by atoms with van der Waals surface area (Å²) in [6.45, 7) is 0.0276. The second kappa shape index (κ2) is 9.48. The Hall–Kier alpha value is -3.99. The van der Waals surface area contributed by atoms with Crippen molar-refractivity contribution in [3.63, 3.8) is 0 Å². The second-order valence-corrected chi connectivity index (χ2v) is 8.17. The molecule has 2 heterocycles. The van der Waals surface area contributed by atoms with E-state index in [1.807, 2.05) is 0 Å². The molecule has 0 aliphatic rings. The lowest BCUT2D eigenvalue weighted by atomic mass is 10.2. The minimum atomic E-state index is -4.43. The first-order valence-corrected chi connectivity index (χ1v) is 10.6. The van der Waals surface area contributed by atoms with Gasteiger partial charge in [0, 0.05) is 17.2 Å². The van der Waals surface area contributed by atoms with Crippen LogP contribution in [0, 0.1) is 0 Å². The molecule has 0 amide bonds. The van der Waals surface area contributed by atoms with E-state index >= 15 is 0 Å². The van der Waals surface area contributed by atoms with Crippen LogP contribution in [0.2, 0.25) is 0 Å². The van der Waals surface area contributed by atoms with Gasteiger partial charge in [0.1, 0.15) is 0 Å². The summed E-state index contributed by atoms with van der Waals surface area (Å²) in [4.78, 5) is 29.0. The molecule has 0 aliphatic heterocycles. The van der Waals surface area contributed by atoms with E-state index in [4.69, 9.17) is 4.74 Å². The predicted octanol–water partition coefficient (Wildman–Crippen LogP) is 4.62. The van der Waals surface area contributed by atoms with Gasteiger partial charge in [-0.2, -0.15) is 13.2 Å². The zero-order chi connectivity index (χ0) is 24.3. The van der Waals surface area contributed by atoms with Gasteiger partial charge in [-0.25, -0.2) is 19.1 Å². The predicted molar refractivity (Wildman–Crippen MR) is 118 cm³/mol. The Labute approximate surface area is 195 Å². The number of carbonyl (C=O) groups is 1. The minimum absolute atomic E-state index is 0.0276. The topological polar surface area (TPSA) is 86.4 Å². The standard InChI is InChI=1S/C23H16F3N3O4S/c24-23(25,26)34-18-8-6-17(7-9-18)29-20(30)14-28(22(29)32)13-15-10-11-27-19(12-15)33-21(31)16-4-2-1-3-5-16/h1-12,14,30H,13H2. The van der Waals surface area contributed by atoms with Crippen LogP contribution in [0.3, 0.4) is 0 Å². The molecule has 0 bridgehead atoms. The molecular formula is C23H16F3N3O4S. The van der Waals surface area contributed by atoms with Crippen LogP contribution in [0.5, 0.6) is 11.8 Å². The van der Waals surface area contributed by atoms with Gasteiger partial charge in [0.05, 0.1) is 24.0 Å². The van der Waals surface area contributed by atoms with Gasteiger partial charge >= 0.3 is 17.2 Å². The van der Waals surface area contributed by atoms with Gasteiger partial charge in [0.25, 0.3) is 0 Å². The molecular weight excluding hydrogens is 471 g/mol. The van der Waals surface area contributed by atoms with E-state index < -0.39 is 17.2 Å². The first-order chi connectivity index (χ1) is 16.2. The summed E-state index contributed by atoms with van der Waals surface area (Å²) in [5.74, 6) is -0.926. The summed E-state index contributed by atoms with van der Waals surface area (Å²) in [6, 6.07) is 16.5. The molecule has 0 spiro atoms. The monoisotopic (exact) mass is 487 g/mol. The average molecular weight is 487 g/mol. The molecule has 0 radical (unpaired) electrons. The number of pyridine rings is 1. The zero-order valence-electron chi connectivity index (χ0n) is 17.3. The first-order valence-electron chi connectivity index (χ1n) is 9.79. The molecule has 4 aromatic rings. The van der Waals surface area contributed by atoms with Gasteiger partial charge in [-0.05, 0) is 59.8 Å². The van der Waals surface area contributed by atoms with Crippen molar-refractivity contribution in [2.45, 2.75) is 16.9 Å². The highest BCUT2D eigenvalue weighted by Gasteiger charge is 2.29. The zero-order valence-corrected chi connectivity index (χ0v) is 18.1. The number of thioether (sulfide) groups is 1. The number of ether oxygens (including phenoxy) is 1. The lowest BCUT2D eigenvalue weighted by molar-refractivity contribution is -0.0328. The second-order valence-electron chi connectivity index (χ2n) is 7.03. The van der Waals surface area contributed by atoms with Crippen molar-refractivity contribution >= 4 is 17.7 Å². The summed E-state index contributed by atoms with van der Waals surface area (Å²) >= 11 is -0.273. The van der Waals surface area contributed by atoms with Crippen LogP contribution in [0.1, 0.15) is 15.9 Å². The molecule has 2 aromatic heterocycles. The number of aromatic hydroxyl groups is 1. The number of aromatic nitrogens is 3. The van der Waals surface area contributed by atoms with Gasteiger partial charge in [0.2, 0.25) is 11.8 Å². The highest BCUT2D eigenvalue weighted by molar-refractivity contribution is 8.00. The number of alkyl halides is 3. The Morgan fingerprint density at radius 2 is 1.76 bits per heavy atom. The van der Waals surface area contributed by atoms with Crippen molar-refractivity contribution < 1.29 is 27.8 Å². The Kier molecular flexibility index (Phi) is 6.46. The molecule has 4 rings (SSSR count). The van der Waals surface area contributed by atoms with Crippen molar-refractivity contribution in [3.8, 4) is 17.4 Å². The van der Waals surface area contributed by atoms with E-state index in [1.54, 1.807) is 36.4 Å². The molecule has 34 heavy (non-hydrogen) atoms. The van der Waals surface area contributed by atoms with Crippen molar-refractivity contribution in [2.75, 3.05) is 0 Å². The molecule has 0 saturated heterocycles. The van der Waals surface area contributed by atoms with E-state index in [-0.39, 0.29) is 40.6 Å². The highest BCUT2D eigenvalue weighted by atomic mass is 32.2. The number of hydrogen-bond acceptors (Lipinski definition) is 6. The molecule has 0 aliphatic carbocycles. The summed E-state index contributed by atoms with van der Waals surface area (Å²) in [5.41, 5.74) is -3.90. The fourth-order valence-corrected chi connectivity index (χ4v) is 3.70. The van der Waals surface area contributed by atoms with Gasteiger partial charge in [-0.1, -0.05) is 18.2 Å². The quantitative estimate of drug-likeness (QED) is 0.316. The molecule has 2 aromatic carbocycles. The van der Waals surface area contributed by atoms with Crippen molar-refractivity contribution in [3.05, 3.63) is 101 Å². The number of nitrogens with zero attached hydrogens (tertiary/aromatic N) is 3. The van der Waals surface area contributed by atoms with E-state index in [0.29, 0.717) is 11.1 Å². The lowest BCUT2D eigenvalue weighted by Crippen LogP contribution is -2.23. The maximum absolute atomic E-state index is 12.8. The van der Waals surface area contributed by atoms with E-state index in [9.17, 15) is 27.9 Å². The Balaban J connectivity index is 1.52. The Morgan fingerprint density at radius 1 is 1.06 bits per heavy atom. The highest BCUT2D eigenvalue weighted by Crippen LogP contribution is 2.37. The minimum Gasteiger partial charge on any atom is -0.493 e. The molecule has 174 valence electrons. The van der Waals surface area contributed by atoms with Crippen molar-refractivity contribution in [1.29, 1.82) is 0 Å². The maximum Gasteiger partial charge on any atom is 0.446 e. The molecule has 7 nitrogen and oxygen atoms in total. The summed E-state index contributed by atoms with van der Waals surface area (Å²) < 4.78 is 45.0. The third kappa shape index (κ3) is 5.49. The summed E-state index contributed by atoms with van der Waals surface area (Å²) in [7, 11) is 0. The molecule has 0 saturated carbocycles. The van der Waals surface area contributed by atoms with Crippen LogP contribution < -0.4 is 10.4 Å². The Bertz CT molecular complexity index is 1370. The van der Waals surface area contributed by atoms with Crippen LogP contribution in [-0.4, -0.2) is 30.7 Å². The third-order valence-electron chi connectivity index (χ3n) is 4.62. The molecule has 11 heteroatoms. The van der Waals surface area contributed by atoms with Gasteiger partial charge in [-0.15, -0.1) is 0 Å². The Morgan fingerprint density at radius 3 is 2.44 bits per heavy atom. The number of hydrogen-bond donors (Lipinski definition) is 1.